The van der Waals surface area contributed by atoms with Gasteiger partial charge in [-0.25, -0.2) is 4.99 Å². The Hall–Kier alpha value is -3.48. The maximum Gasteiger partial charge on any atom is 0.307 e. The van der Waals surface area contributed by atoms with Gasteiger partial charge in [-0.05, 0) is 57.4 Å². The molecule has 1 aromatic rings. The molecule has 0 atom stereocenters. The van der Waals surface area contributed by atoms with Crippen LogP contribution >= 0.6 is 0 Å². The van der Waals surface area contributed by atoms with Gasteiger partial charge in [0.2, 0.25) is 11.5 Å². The van der Waals surface area contributed by atoms with Crippen molar-refractivity contribution in [1.29, 1.82) is 0 Å². The fraction of sp³-hybridized carbons (Fsp3) is 0.407. The third-order valence-electron chi connectivity index (χ3n) is 6.29. The van der Waals surface area contributed by atoms with E-state index in [-0.39, 0.29) is 30.8 Å². The van der Waals surface area contributed by atoms with E-state index in [2.05, 4.69) is 22.4 Å². The van der Waals surface area contributed by atoms with Gasteiger partial charge in [0.25, 0.3) is 0 Å². The van der Waals surface area contributed by atoms with Crippen molar-refractivity contribution >= 4 is 34.2 Å². The summed E-state index contributed by atoms with van der Waals surface area (Å²) in [6.07, 6.45) is -0.480. The fourth-order valence-electron chi connectivity index (χ4n) is 4.55. The Balaban J connectivity index is 1.77. The van der Waals surface area contributed by atoms with Crippen LogP contribution in [0.2, 0.25) is 0 Å². The average Bonchev–Trinajstić information content (AvgIpc) is 3.11. The molecule has 0 aromatic heterocycles. The fourth-order valence-corrected chi connectivity index (χ4v) is 4.55. The zero-order valence-electron chi connectivity index (χ0n) is 20.2. The summed E-state index contributed by atoms with van der Waals surface area (Å²) in [6.45, 7) is 9.75. The molecule has 1 fully saturated rings. The van der Waals surface area contributed by atoms with E-state index in [1.165, 1.54) is 0 Å². The van der Waals surface area contributed by atoms with Crippen molar-refractivity contribution < 1.29 is 28.5 Å². The van der Waals surface area contributed by atoms with Gasteiger partial charge in [0.1, 0.15) is 17.9 Å². The van der Waals surface area contributed by atoms with Crippen LogP contribution in [0.25, 0.3) is 22.3 Å². The number of aryl methyl sites for hydroxylation is 3. The van der Waals surface area contributed by atoms with Crippen LogP contribution in [-0.2, 0) is 25.5 Å². The number of fused-ring (bicyclic) bond motifs is 2. The molecule has 1 saturated carbocycles. The average molecular weight is 464 g/mol. The highest BCUT2D eigenvalue weighted by molar-refractivity contribution is 6.12. The second kappa shape index (κ2) is 9.79. The Bertz CT molecular complexity index is 1300. The lowest BCUT2D eigenvalue weighted by molar-refractivity contribution is -0.496. The first-order chi connectivity index (χ1) is 16.3. The number of rotatable bonds is 7. The summed E-state index contributed by atoms with van der Waals surface area (Å²) >= 11 is 0. The quantitative estimate of drug-likeness (QED) is 0.317. The first kappa shape index (κ1) is 23.7. The molecular formula is C27H31N2O5+. The van der Waals surface area contributed by atoms with E-state index in [4.69, 9.17) is 9.15 Å². The monoisotopic (exact) mass is 463 g/mol. The molecule has 0 amide bonds. The molecule has 7 nitrogen and oxygen atoms in total. The van der Waals surface area contributed by atoms with Gasteiger partial charge in [-0.1, -0.05) is 0 Å². The summed E-state index contributed by atoms with van der Waals surface area (Å²) in [4.78, 5) is 39.7. The van der Waals surface area contributed by atoms with Crippen LogP contribution in [0, 0.1) is 13.8 Å². The van der Waals surface area contributed by atoms with Gasteiger partial charge in [-0.3, -0.25) is 14.4 Å². The van der Waals surface area contributed by atoms with Gasteiger partial charge in [0, 0.05) is 54.1 Å². The van der Waals surface area contributed by atoms with Crippen molar-refractivity contribution in [2.75, 3.05) is 18.4 Å². The SMILES string of the molecule is CCNc1cc2oc3cc(=[NH+]CC)c(C)cc-3c(CCC(=O)OC3C(=O)CCC3=O)c2cc1C. The molecule has 1 aromatic carbocycles. The van der Waals surface area contributed by atoms with Crippen molar-refractivity contribution in [3.63, 3.8) is 0 Å². The molecular weight excluding hydrogens is 432 g/mol. The molecule has 3 aliphatic rings. The van der Waals surface area contributed by atoms with Gasteiger partial charge in [0.05, 0.1) is 6.07 Å². The summed E-state index contributed by atoms with van der Waals surface area (Å²) in [5.41, 5.74) is 5.80. The highest BCUT2D eigenvalue weighted by Gasteiger charge is 2.36. The van der Waals surface area contributed by atoms with Gasteiger partial charge in [-0.2, -0.15) is 0 Å². The Labute approximate surface area is 198 Å². The zero-order chi connectivity index (χ0) is 24.4. The molecule has 178 valence electrons. The van der Waals surface area contributed by atoms with Crippen LogP contribution in [0.3, 0.4) is 0 Å². The lowest BCUT2D eigenvalue weighted by atomic mass is 9.93. The van der Waals surface area contributed by atoms with E-state index >= 15 is 0 Å². The molecule has 0 radical (unpaired) electrons. The molecule has 34 heavy (non-hydrogen) atoms. The highest BCUT2D eigenvalue weighted by atomic mass is 16.6. The Morgan fingerprint density at radius 2 is 1.82 bits per heavy atom. The van der Waals surface area contributed by atoms with Crippen LogP contribution in [0.5, 0.6) is 0 Å². The normalized spacial score (nSPS) is 15.0. The van der Waals surface area contributed by atoms with Crippen LogP contribution in [0.1, 0.15) is 49.8 Å². The predicted octanol–water partition coefficient (Wildman–Crippen LogP) is 2.36. The van der Waals surface area contributed by atoms with Crippen molar-refractivity contribution in [1.82, 2.24) is 0 Å². The number of hydrogen-bond acceptors (Lipinski definition) is 6. The van der Waals surface area contributed by atoms with Crippen molar-refractivity contribution in [2.45, 2.75) is 59.5 Å². The summed E-state index contributed by atoms with van der Waals surface area (Å²) in [5.74, 6) is -0.445. The standard InChI is InChI=1S/C27H30N2O5/c1-5-28-20-13-24-18(11-15(20)3)17(7-10-26(32)34-27-22(30)8-9-23(27)31)19-12-16(4)21(29-6-2)14-25(19)33-24/h11-14,27-28H,5-10H2,1-4H3/p+1. The summed E-state index contributed by atoms with van der Waals surface area (Å²) in [5, 5.41) is 5.30. The molecule has 1 aliphatic heterocycles. The maximum atomic E-state index is 12.6. The number of anilines is 1. The Morgan fingerprint density at radius 1 is 1.09 bits per heavy atom. The molecule has 2 N–H and O–H groups in total. The zero-order valence-corrected chi connectivity index (χ0v) is 20.2. The molecule has 7 heteroatoms. The third-order valence-corrected chi connectivity index (χ3v) is 6.29. The minimum Gasteiger partial charge on any atom is -0.456 e. The Kier molecular flexibility index (Phi) is 6.82. The number of Topliss-reactive ketones (excluding diaryl/α,β-unsaturated/α-hetero) is 2. The first-order valence-corrected chi connectivity index (χ1v) is 11.9. The van der Waals surface area contributed by atoms with E-state index in [0.717, 1.165) is 63.1 Å². The van der Waals surface area contributed by atoms with Crippen molar-refractivity contribution in [3.05, 3.63) is 46.3 Å². The van der Waals surface area contributed by atoms with Crippen LogP contribution in [-0.4, -0.2) is 36.7 Å². The molecule has 0 spiro atoms. The topological polar surface area (TPSA) is 99.6 Å². The number of hydrogen-bond donors (Lipinski definition) is 2. The van der Waals surface area contributed by atoms with E-state index in [0.29, 0.717) is 6.42 Å². The first-order valence-electron chi connectivity index (χ1n) is 11.9. The molecule has 1 heterocycles. The van der Waals surface area contributed by atoms with E-state index in [1.807, 2.05) is 39.8 Å². The van der Waals surface area contributed by atoms with E-state index < -0.39 is 12.1 Å². The van der Waals surface area contributed by atoms with E-state index in [1.54, 1.807) is 0 Å². The van der Waals surface area contributed by atoms with E-state index in [9.17, 15) is 14.4 Å². The minimum absolute atomic E-state index is 0.0628. The van der Waals surface area contributed by atoms with Gasteiger partial charge < -0.3 is 14.5 Å². The highest BCUT2D eigenvalue weighted by Crippen LogP contribution is 2.36. The minimum atomic E-state index is -1.23. The van der Waals surface area contributed by atoms with Crippen molar-refractivity contribution in [2.24, 2.45) is 0 Å². The second-order valence-corrected chi connectivity index (χ2v) is 8.77. The number of esters is 1. The third kappa shape index (κ3) is 4.60. The van der Waals surface area contributed by atoms with Gasteiger partial charge >= 0.3 is 5.97 Å². The Morgan fingerprint density at radius 3 is 2.50 bits per heavy atom. The number of benzene rings is 2. The number of carbonyl (C=O) groups excluding carboxylic acids is 3. The van der Waals surface area contributed by atoms with Crippen LogP contribution in [0.15, 0.2) is 28.7 Å². The maximum absolute atomic E-state index is 12.6. The molecule has 0 unspecified atom stereocenters. The summed E-state index contributed by atoms with van der Waals surface area (Å²) in [7, 11) is 0. The van der Waals surface area contributed by atoms with Crippen LogP contribution in [0.4, 0.5) is 5.69 Å². The predicted molar refractivity (Wildman–Crippen MR) is 129 cm³/mol. The largest absolute Gasteiger partial charge is 0.456 e. The lowest BCUT2D eigenvalue weighted by Gasteiger charge is -2.17. The molecule has 2 aliphatic carbocycles. The van der Waals surface area contributed by atoms with Crippen LogP contribution < -0.4 is 15.7 Å². The number of ether oxygens (including phenoxy) is 1. The molecule has 0 saturated heterocycles. The van der Waals surface area contributed by atoms with Crippen molar-refractivity contribution in [3.8, 4) is 11.3 Å². The lowest BCUT2D eigenvalue weighted by Crippen LogP contribution is -2.76. The van der Waals surface area contributed by atoms with Gasteiger partial charge in [0.15, 0.2) is 11.6 Å². The van der Waals surface area contributed by atoms with Gasteiger partial charge in [-0.15, -0.1) is 0 Å². The molecule has 4 rings (SSSR count). The summed E-state index contributed by atoms with van der Waals surface area (Å²) < 4.78 is 11.6. The number of carbonyl (C=O) groups is 3. The molecule has 0 bridgehead atoms. The smallest absolute Gasteiger partial charge is 0.307 e. The number of ketones is 2. The second-order valence-electron chi connectivity index (χ2n) is 8.77. The summed E-state index contributed by atoms with van der Waals surface area (Å²) in [6, 6.07) is 8.15. The number of nitrogens with one attached hydrogen (secondary N) is 2.